The molecule has 0 saturated heterocycles. The van der Waals surface area contributed by atoms with E-state index in [1.165, 1.54) is 12.0 Å². The zero-order valence-electron chi connectivity index (χ0n) is 14.2. The molecular weight excluding hydrogens is 242 g/mol. The Balaban J connectivity index is 2.70. The van der Waals surface area contributed by atoms with Gasteiger partial charge in [-0.15, -0.1) is 0 Å². The molecule has 0 aliphatic carbocycles. The van der Waals surface area contributed by atoms with Gasteiger partial charge >= 0.3 is 0 Å². The maximum atomic E-state index is 3.83. The maximum absolute atomic E-state index is 3.83. The maximum Gasteiger partial charge on any atom is 0.0322 e. The van der Waals surface area contributed by atoms with Gasteiger partial charge in [-0.3, -0.25) is 0 Å². The van der Waals surface area contributed by atoms with Crippen LogP contribution in [-0.2, 0) is 0 Å². The molecule has 0 amide bonds. The van der Waals surface area contributed by atoms with Gasteiger partial charge in [-0.2, -0.15) is 0 Å². The highest BCUT2D eigenvalue weighted by molar-refractivity contribution is 5.18. The molecule has 1 nitrogen and oxygen atoms in total. The Bertz CT molecular complexity index is 345. The summed E-state index contributed by atoms with van der Waals surface area (Å²) in [5.41, 5.74) is 1.42. The molecule has 1 unspecified atom stereocenters. The van der Waals surface area contributed by atoms with E-state index in [2.05, 4.69) is 77.2 Å². The first-order valence-corrected chi connectivity index (χ1v) is 8.20. The average molecular weight is 275 g/mol. The molecule has 0 heterocycles. The molecule has 1 N–H and O–H groups in total. The molecular formula is C19H33N. The second-order valence-corrected chi connectivity index (χ2v) is 7.15. The summed E-state index contributed by atoms with van der Waals surface area (Å²) >= 11 is 0. The van der Waals surface area contributed by atoms with Crippen LogP contribution in [0.4, 0.5) is 0 Å². The predicted molar refractivity (Wildman–Crippen MR) is 89.8 cm³/mol. The molecule has 0 saturated carbocycles. The van der Waals surface area contributed by atoms with Crippen LogP contribution in [0, 0.1) is 23.7 Å². The molecule has 1 aromatic carbocycles. The van der Waals surface area contributed by atoms with Crippen LogP contribution < -0.4 is 5.32 Å². The molecule has 0 aliphatic rings. The van der Waals surface area contributed by atoms with Crippen molar-refractivity contribution >= 4 is 0 Å². The largest absolute Gasteiger partial charge is 0.310 e. The number of rotatable bonds is 8. The van der Waals surface area contributed by atoms with E-state index in [4.69, 9.17) is 0 Å². The van der Waals surface area contributed by atoms with E-state index in [0.29, 0.717) is 12.0 Å². The van der Waals surface area contributed by atoms with Gasteiger partial charge in [0.2, 0.25) is 0 Å². The minimum atomic E-state index is 0.483. The Morgan fingerprint density at radius 2 is 1.40 bits per heavy atom. The van der Waals surface area contributed by atoms with Crippen molar-refractivity contribution < 1.29 is 0 Å². The fourth-order valence-electron chi connectivity index (χ4n) is 3.01. The van der Waals surface area contributed by atoms with E-state index in [1.54, 1.807) is 0 Å². The first-order valence-electron chi connectivity index (χ1n) is 8.20. The third-order valence-electron chi connectivity index (χ3n) is 4.22. The Morgan fingerprint density at radius 1 is 0.850 bits per heavy atom. The van der Waals surface area contributed by atoms with Crippen molar-refractivity contribution in [3.05, 3.63) is 35.9 Å². The van der Waals surface area contributed by atoms with Gasteiger partial charge < -0.3 is 5.32 Å². The second kappa shape index (κ2) is 8.46. The van der Waals surface area contributed by atoms with Crippen LogP contribution in [0.2, 0.25) is 0 Å². The van der Waals surface area contributed by atoms with Gasteiger partial charge in [-0.05, 0) is 42.2 Å². The van der Waals surface area contributed by atoms with E-state index in [1.807, 2.05) is 0 Å². The molecule has 0 aliphatic heterocycles. The van der Waals surface area contributed by atoms with Crippen molar-refractivity contribution in [1.29, 1.82) is 0 Å². The molecule has 0 radical (unpaired) electrons. The molecule has 114 valence electrons. The lowest BCUT2D eigenvalue weighted by atomic mass is 9.85. The minimum Gasteiger partial charge on any atom is -0.310 e. The summed E-state index contributed by atoms with van der Waals surface area (Å²) in [7, 11) is 0. The lowest BCUT2D eigenvalue weighted by Gasteiger charge is -2.29. The number of hydrogen-bond donors (Lipinski definition) is 1. The molecule has 1 heteroatoms. The summed E-state index contributed by atoms with van der Waals surface area (Å²) in [5.74, 6) is 2.92. The molecule has 1 aromatic rings. The zero-order valence-corrected chi connectivity index (χ0v) is 14.2. The summed E-state index contributed by atoms with van der Waals surface area (Å²) in [6.07, 6.45) is 1.20. The normalized spacial score (nSPS) is 13.7. The van der Waals surface area contributed by atoms with Crippen LogP contribution in [0.15, 0.2) is 30.3 Å². The van der Waals surface area contributed by atoms with E-state index < -0.39 is 0 Å². The van der Waals surface area contributed by atoms with Crippen LogP contribution in [0.5, 0.6) is 0 Å². The minimum absolute atomic E-state index is 0.483. The van der Waals surface area contributed by atoms with E-state index >= 15 is 0 Å². The highest BCUT2D eigenvalue weighted by Crippen LogP contribution is 2.24. The second-order valence-electron chi connectivity index (χ2n) is 7.15. The third-order valence-corrected chi connectivity index (χ3v) is 4.22. The molecule has 0 aromatic heterocycles. The fraction of sp³-hybridized carbons (Fsp3) is 0.684. The Hall–Kier alpha value is -0.820. The van der Waals surface area contributed by atoms with Crippen molar-refractivity contribution in [2.24, 2.45) is 23.7 Å². The number of benzene rings is 1. The van der Waals surface area contributed by atoms with E-state index in [-0.39, 0.29) is 0 Å². The molecule has 0 bridgehead atoms. The fourth-order valence-corrected chi connectivity index (χ4v) is 3.01. The first kappa shape index (κ1) is 17.2. The van der Waals surface area contributed by atoms with Crippen LogP contribution in [0.1, 0.15) is 59.6 Å². The van der Waals surface area contributed by atoms with Crippen molar-refractivity contribution in [3.8, 4) is 0 Å². The standard InChI is InChI=1S/C19H33N/c1-14(2)12-19(17-10-8-7-9-11-17)20-13-18(15(3)4)16(5)6/h7-11,14-16,18-20H,12-13H2,1-6H3. The van der Waals surface area contributed by atoms with Crippen molar-refractivity contribution in [3.63, 3.8) is 0 Å². The molecule has 0 fully saturated rings. The SMILES string of the molecule is CC(C)CC(NCC(C(C)C)C(C)C)c1ccccc1. The molecule has 1 rings (SSSR count). The van der Waals surface area contributed by atoms with Gasteiger partial charge in [0.1, 0.15) is 0 Å². The summed E-state index contributed by atoms with van der Waals surface area (Å²) in [5, 5.41) is 3.83. The quantitative estimate of drug-likeness (QED) is 0.679. The lowest BCUT2D eigenvalue weighted by molar-refractivity contribution is 0.259. The monoisotopic (exact) mass is 275 g/mol. The lowest BCUT2D eigenvalue weighted by Crippen LogP contribution is -2.33. The molecule has 20 heavy (non-hydrogen) atoms. The van der Waals surface area contributed by atoms with Gasteiger partial charge in [0, 0.05) is 6.04 Å². The zero-order chi connectivity index (χ0) is 15.1. The highest BCUT2D eigenvalue weighted by atomic mass is 14.9. The number of nitrogens with one attached hydrogen (secondary N) is 1. The topological polar surface area (TPSA) is 12.0 Å². The first-order chi connectivity index (χ1) is 9.41. The molecule has 0 spiro atoms. The van der Waals surface area contributed by atoms with Gasteiger partial charge in [-0.1, -0.05) is 71.9 Å². The van der Waals surface area contributed by atoms with Crippen LogP contribution in [0.3, 0.4) is 0 Å². The summed E-state index contributed by atoms with van der Waals surface area (Å²) in [6.45, 7) is 15.1. The Labute approximate surface area is 126 Å². The van der Waals surface area contributed by atoms with E-state index in [9.17, 15) is 0 Å². The van der Waals surface area contributed by atoms with Crippen molar-refractivity contribution in [2.45, 2.75) is 54.0 Å². The predicted octanol–water partition coefficient (Wildman–Crippen LogP) is 5.29. The van der Waals surface area contributed by atoms with Crippen molar-refractivity contribution in [2.75, 3.05) is 6.54 Å². The third kappa shape index (κ3) is 5.66. The van der Waals surface area contributed by atoms with Gasteiger partial charge in [0.15, 0.2) is 0 Å². The van der Waals surface area contributed by atoms with Gasteiger partial charge in [0.25, 0.3) is 0 Å². The summed E-state index contributed by atoms with van der Waals surface area (Å²) < 4.78 is 0. The summed E-state index contributed by atoms with van der Waals surface area (Å²) in [4.78, 5) is 0. The van der Waals surface area contributed by atoms with Crippen LogP contribution in [0.25, 0.3) is 0 Å². The number of hydrogen-bond acceptors (Lipinski definition) is 1. The van der Waals surface area contributed by atoms with E-state index in [0.717, 1.165) is 24.3 Å². The van der Waals surface area contributed by atoms with Crippen LogP contribution in [-0.4, -0.2) is 6.54 Å². The summed E-state index contributed by atoms with van der Waals surface area (Å²) in [6, 6.07) is 11.4. The average Bonchev–Trinajstić information content (AvgIpc) is 2.37. The van der Waals surface area contributed by atoms with Gasteiger partial charge in [0.05, 0.1) is 0 Å². The van der Waals surface area contributed by atoms with Crippen LogP contribution >= 0.6 is 0 Å². The Kier molecular flexibility index (Phi) is 7.29. The smallest absolute Gasteiger partial charge is 0.0322 e. The van der Waals surface area contributed by atoms with Crippen molar-refractivity contribution in [1.82, 2.24) is 5.32 Å². The molecule has 1 atom stereocenters. The highest BCUT2D eigenvalue weighted by Gasteiger charge is 2.20. The Morgan fingerprint density at radius 3 is 1.85 bits per heavy atom. The van der Waals surface area contributed by atoms with Gasteiger partial charge in [-0.25, -0.2) is 0 Å².